The van der Waals surface area contributed by atoms with Crippen molar-refractivity contribution in [2.24, 2.45) is 0 Å². The molecule has 1 amide bonds. The van der Waals surface area contributed by atoms with Crippen LogP contribution in [0.15, 0.2) is 65.5 Å². The maximum absolute atomic E-state index is 12.2. The van der Waals surface area contributed by atoms with Crippen LogP contribution >= 0.6 is 28.1 Å². The molecule has 2 aromatic heterocycles. The van der Waals surface area contributed by atoms with Crippen molar-refractivity contribution in [2.45, 2.75) is 6.54 Å². The number of pyridine rings is 1. The minimum atomic E-state index is -0.276. The first-order chi connectivity index (χ1) is 12.1. The Morgan fingerprint density at radius 3 is 2.64 bits per heavy atom. The van der Waals surface area contributed by atoms with Crippen LogP contribution in [0.4, 0.5) is 5.82 Å². The fourth-order valence-electron chi connectivity index (χ4n) is 2.13. The molecule has 0 atom stereocenters. The summed E-state index contributed by atoms with van der Waals surface area (Å²) < 4.78 is 2.74. The Labute approximate surface area is 158 Å². The third kappa shape index (κ3) is 4.94. The molecule has 25 heavy (non-hydrogen) atoms. The molecule has 0 aliphatic rings. The van der Waals surface area contributed by atoms with Gasteiger partial charge in [-0.15, -0.1) is 0 Å². The van der Waals surface area contributed by atoms with E-state index < -0.39 is 0 Å². The first-order valence-electron chi connectivity index (χ1n) is 7.40. The average Bonchev–Trinajstić information content (AvgIpc) is 3.01. The Hall–Kier alpha value is -2.58. The number of hydrogen-bond acceptors (Lipinski definition) is 4. The van der Waals surface area contributed by atoms with Crippen LogP contribution in [-0.4, -0.2) is 25.8 Å². The average molecular weight is 416 g/mol. The Balaban J connectivity index is 1.57. The molecule has 0 aliphatic heterocycles. The summed E-state index contributed by atoms with van der Waals surface area (Å²) in [6.07, 6.45) is 5.27. The summed E-state index contributed by atoms with van der Waals surface area (Å²) in [6, 6.07) is 12.7. The molecule has 3 rings (SSSR count). The molecule has 0 aliphatic carbocycles. The smallest absolute Gasteiger partial charge is 0.257 e. The van der Waals surface area contributed by atoms with Crippen LogP contribution in [0.3, 0.4) is 0 Å². The van der Waals surface area contributed by atoms with Gasteiger partial charge in [0.1, 0.15) is 5.82 Å². The number of nitrogens with zero attached hydrogens (tertiary/aromatic N) is 3. The van der Waals surface area contributed by atoms with E-state index in [2.05, 4.69) is 36.6 Å². The van der Waals surface area contributed by atoms with Crippen LogP contribution in [-0.2, 0) is 6.54 Å². The minimum absolute atomic E-state index is 0.203. The molecule has 0 spiro atoms. The molecule has 8 heteroatoms. The zero-order valence-corrected chi connectivity index (χ0v) is 15.4. The van der Waals surface area contributed by atoms with E-state index in [9.17, 15) is 4.79 Å². The third-order valence-electron chi connectivity index (χ3n) is 3.30. The van der Waals surface area contributed by atoms with Crippen LogP contribution < -0.4 is 10.6 Å². The second-order valence-corrected chi connectivity index (χ2v) is 6.50. The van der Waals surface area contributed by atoms with E-state index in [0.29, 0.717) is 17.9 Å². The van der Waals surface area contributed by atoms with Crippen molar-refractivity contribution in [2.75, 3.05) is 5.32 Å². The van der Waals surface area contributed by atoms with Crippen molar-refractivity contribution in [3.8, 4) is 0 Å². The lowest BCUT2D eigenvalue weighted by Gasteiger charge is -2.09. The second kappa shape index (κ2) is 8.00. The highest BCUT2D eigenvalue weighted by Crippen LogP contribution is 2.10. The fraction of sp³-hybridized carbons (Fsp3) is 0.0588. The first kappa shape index (κ1) is 17.2. The van der Waals surface area contributed by atoms with Gasteiger partial charge in [0.15, 0.2) is 5.11 Å². The Morgan fingerprint density at radius 2 is 2.00 bits per heavy atom. The van der Waals surface area contributed by atoms with E-state index in [1.165, 1.54) is 0 Å². The second-order valence-electron chi connectivity index (χ2n) is 5.18. The summed E-state index contributed by atoms with van der Waals surface area (Å²) in [7, 11) is 0. The van der Waals surface area contributed by atoms with Crippen LogP contribution in [0.2, 0.25) is 0 Å². The SMILES string of the molecule is O=C(NC(=S)Nc1ccccn1)c1ccc(Cn2cc(Br)cn2)cc1. The van der Waals surface area contributed by atoms with Gasteiger partial charge in [0, 0.05) is 18.0 Å². The standard InChI is InChI=1S/C17H14BrN5OS/c18-14-9-20-23(11-14)10-12-4-6-13(7-5-12)16(24)22-17(25)21-15-3-1-2-8-19-15/h1-9,11H,10H2,(H2,19,21,22,24,25). The van der Waals surface area contributed by atoms with Crippen molar-refractivity contribution in [1.29, 1.82) is 0 Å². The zero-order valence-electron chi connectivity index (χ0n) is 13.0. The van der Waals surface area contributed by atoms with E-state index in [4.69, 9.17) is 12.2 Å². The number of hydrogen-bond donors (Lipinski definition) is 2. The quantitative estimate of drug-likeness (QED) is 0.640. The van der Waals surface area contributed by atoms with Crippen LogP contribution in [0.5, 0.6) is 0 Å². The van der Waals surface area contributed by atoms with Gasteiger partial charge in [0.2, 0.25) is 0 Å². The molecule has 2 heterocycles. The molecule has 126 valence electrons. The summed E-state index contributed by atoms with van der Waals surface area (Å²) >= 11 is 8.49. The Morgan fingerprint density at radius 1 is 1.20 bits per heavy atom. The molecule has 6 nitrogen and oxygen atoms in total. The number of halogens is 1. The number of carbonyl (C=O) groups excluding carboxylic acids is 1. The summed E-state index contributed by atoms with van der Waals surface area (Å²) in [4.78, 5) is 16.3. The van der Waals surface area contributed by atoms with Crippen molar-refractivity contribution in [3.05, 3.63) is 76.7 Å². The highest BCUT2D eigenvalue weighted by atomic mass is 79.9. The number of nitrogens with one attached hydrogen (secondary N) is 2. The van der Waals surface area contributed by atoms with Crippen molar-refractivity contribution in [3.63, 3.8) is 0 Å². The number of thiocarbonyl (C=S) groups is 1. The molecule has 0 radical (unpaired) electrons. The van der Waals surface area contributed by atoms with E-state index in [-0.39, 0.29) is 11.0 Å². The van der Waals surface area contributed by atoms with Gasteiger partial charge in [-0.1, -0.05) is 18.2 Å². The normalized spacial score (nSPS) is 10.3. The van der Waals surface area contributed by atoms with E-state index in [0.717, 1.165) is 10.0 Å². The zero-order chi connectivity index (χ0) is 17.6. The number of benzene rings is 1. The van der Waals surface area contributed by atoms with E-state index >= 15 is 0 Å². The maximum atomic E-state index is 12.2. The fourth-order valence-corrected chi connectivity index (χ4v) is 2.66. The highest BCUT2D eigenvalue weighted by Gasteiger charge is 2.08. The van der Waals surface area contributed by atoms with Gasteiger partial charge in [-0.2, -0.15) is 5.10 Å². The maximum Gasteiger partial charge on any atom is 0.257 e. The Kier molecular flexibility index (Phi) is 5.52. The number of amides is 1. The van der Waals surface area contributed by atoms with Gasteiger partial charge in [-0.05, 0) is 58.0 Å². The molecule has 0 saturated heterocycles. The van der Waals surface area contributed by atoms with Crippen molar-refractivity contribution < 1.29 is 4.79 Å². The lowest BCUT2D eigenvalue weighted by molar-refractivity contribution is 0.0977. The van der Waals surface area contributed by atoms with E-state index in [1.807, 2.05) is 29.1 Å². The summed E-state index contributed by atoms with van der Waals surface area (Å²) in [5.41, 5.74) is 1.57. The van der Waals surface area contributed by atoms with Gasteiger partial charge in [0.05, 0.1) is 17.2 Å². The van der Waals surface area contributed by atoms with Crippen LogP contribution in [0.25, 0.3) is 0 Å². The topological polar surface area (TPSA) is 71.8 Å². The molecular formula is C17H14BrN5OS. The lowest BCUT2D eigenvalue weighted by atomic mass is 10.1. The summed E-state index contributed by atoms with van der Waals surface area (Å²) in [5, 5.41) is 9.91. The molecule has 2 N–H and O–H groups in total. The monoisotopic (exact) mass is 415 g/mol. The van der Waals surface area contributed by atoms with Gasteiger partial charge in [-0.25, -0.2) is 4.98 Å². The third-order valence-corrected chi connectivity index (χ3v) is 3.91. The summed E-state index contributed by atoms with van der Waals surface area (Å²) in [6.45, 7) is 0.632. The molecule has 3 aromatic rings. The Bertz CT molecular complexity index is 880. The predicted molar refractivity (Wildman–Crippen MR) is 103 cm³/mol. The number of aromatic nitrogens is 3. The highest BCUT2D eigenvalue weighted by molar-refractivity contribution is 9.10. The minimum Gasteiger partial charge on any atom is -0.317 e. The van der Waals surface area contributed by atoms with Crippen LogP contribution in [0, 0.1) is 0 Å². The largest absolute Gasteiger partial charge is 0.317 e. The lowest BCUT2D eigenvalue weighted by Crippen LogP contribution is -2.34. The van der Waals surface area contributed by atoms with Crippen molar-refractivity contribution in [1.82, 2.24) is 20.1 Å². The van der Waals surface area contributed by atoms with Crippen molar-refractivity contribution >= 4 is 45.0 Å². The van der Waals surface area contributed by atoms with Crippen LogP contribution in [0.1, 0.15) is 15.9 Å². The molecule has 0 fully saturated rings. The van der Waals surface area contributed by atoms with E-state index in [1.54, 1.807) is 36.7 Å². The number of rotatable bonds is 4. The molecule has 0 bridgehead atoms. The summed E-state index contributed by atoms with van der Waals surface area (Å²) in [5.74, 6) is 0.301. The molecule has 1 aromatic carbocycles. The van der Waals surface area contributed by atoms with Gasteiger partial charge in [-0.3, -0.25) is 14.8 Å². The number of carbonyl (C=O) groups is 1. The number of anilines is 1. The van der Waals surface area contributed by atoms with Gasteiger partial charge >= 0.3 is 0 Å². The molecule has 0 unspecified atom stereocenters. The van der Waals surface area contributed by atoms with Gasteiger partial charge in [0.25, 0.3) is 5.91 Å². The first-order valence-corrected chi connectivity index (χ1v) is 8.60. The predicted octanol–water partition coefficient (Wildman–Crippen LogP) is 3.22. The van der Waals surface area contributed by atoms with Gasteiger partial charge < -0.3 is 5.32 Å². The molecule has 0 saturated carbocycles. The molecular weight excluding hydrogens is 402 g/mol.